The number of hydrogen-bond donors (Lipinski definition) is 1. The van der Waals surface area contributed by atoms with Crippen LogP contribution in [-0.4, -0.2) is 24.4 Å². The highest BCUT2D eigenvalue weighted by Crippen LogP contribution is 2.32. The average Bonchev–Trinajstić information content (AvgIpc) is 3.05. The Morgan fingerprint density at radius 3 is 2.80 bits per heavy atom. The number of phenolic OH excluding ortho intramolecular Hbond substituents is 1. The third-order valence-electron chi connectivity index (χ3n) is 3.25. The van der Waals surface area contributed by atoms with Gasteiger partial charge in [0.15, 0.2) is 0 Å². The predicted molar refractivity (Wildman–Crippen MR) is 83.2 cm³/mol. The minimum Gasteiger partial charge on any atom is -0.508 e. The molecule has 1 aliphatic rings. The Balaban J connectivity index is 1.79. The van der Waals surface area contributed by atoms with E-state index in [-0.39, 0.29) is 5.75 Å². The lowest BCUT2D eigenvalue weighted by molar-refractivity contribution is 0.475. The van der Waals surface area contributed by atoms with Crippen LogP contribution in [0.1, 0.15) is 18.6 Å². The molecule has 1 aromatic heterocycles. The lowest BCUT2D eigenvalue weighted by Crippen LogP contribution is -2.17. The van der Waals surface area contributed by atoms with E-state index in [1.54, 1.807) is 24.4 Å². The number of nitrogens with zero attached hydrogens (tertiary/aromatic N) is 2. The topological polar surface area (TPSA) is 49.0 Å². The van der Waals surface area contributed by atoms with E-state index in [0.29, 0.717) is 11.4 Å². The molecule has 0 radical (unpaired) electrons. The first-order valence-corrected chi connectivity index (χ1v) is 7.39. The highest BCUT2D eigenvalue weighted by atomic mass is 79.9. The molecular formula is C15H15BrN2O2. The number of halogens is 1. The Bertz CT molecular complexity index is 631. The fraction of sp³-hybridized carbons (Fsp3) is 0.267. The van der Waals surface area contributed by atoms with Gasteiger partial charge in [0.05, 0.1) is 16.4 Å². The zero-order valence-electron chi connectivity index (χ0n) is 10.9. The van der Waals surface area contributed by atoms with Crippen LogP contribution in [-0.2, 0) is 0 Å². The summed E-state index contributed by atoms with van der Waals surface area (Å²) in [5.74, 6) is 1.78. The molecule has 0 bridgehead atoms. The Morgan fingerprint density at radius 1 is 1.25 bits per heavy atom. The van der Waals surface area contributed by atoms with Crippen molar-refractivity contribution in [1.82, 2.24) is 0 Å². The van der Waals surface area contributed by atoms with Crippen LogP contribution in [0.5, 0.6) is 5.75 Å². The summed E-state index contributed by atoms with van der Waals surface area (Å²) in [7, 11) is 0. The van der Waals surface area contributed by atoms with Gasteiger partial charge in [-0.25, -0.2) is 0 Å². The van der Waals surface area contributed by atoms with Gasteiger partial charge in [-0.05, 0) is 40.9 Å². The van der Waals surface area contributed by atoms with Crippen LogP contribution in [0.15, 0.2) is 44.2 Å². The molecule has 0 spiro atoms. The monoisotopic (exact) mass is 334 g/mol. The zero-order chi connectivity index (χ0) is 13.9. The summed E-state index contributed by atoms with van der Waals surface area (Å²) in [5, 5.41) is 9.39. The van der Waals surface area contributed by atoms with Crippen LogP contribution in [0.25, 0.3) is 0 Å². The van der Waals surface area contributed by atoms with Crippen molar-refractivity contribution >= 4 is 33.7 Å². The van der Waals surface area contributed by atoms with Gasteiger partial charge in [0.2, 0.25) is 5.88 Å². The molecule has 104 valence electrons. The molecule has 1 saturated heterocycles. The number of aliphatic imine (C=N–C) groups is 1. The van der Waals surface area contributed by atoms with Crippen LogP contribution < -0.4 is 4.90 Å². The van der Waals surface area contributed by atoms with Crippen molar-refractivity contribution in [2.24, 2.45) is 4.99 Å². The van der Waals surface area contributed by atoms with Crippen molar-refractivity contribution in [1.29, 1.82) is 0 Å². The zero-order valence-corrected chi connectivity index (χ0v) is 12.5. The van der Waals surface area contributed by atoms with Crippen molar-refractivity contribution in [2.45, 2.75) is 12.8 Å². The molecule has 1 aromatic carbocycles. The van der Waals surface area contributed by atoms with Crippen molar-refractivity contribution in [3.63, 3.8) is 0 Å². The van der Waals surface area contributed by atoms with E-state index in [9.17, 15) is 5.11 Å². The maximum absolute atomic E-state index is 9.39. The predicted octanol–water partition coefficient (Wildman–Crippen LogP) is 4.10. The minimum atomic E-state index is 0.207. The standard InChI is InChI=1S/C15H15BrN2O2/c16-14-9-13(20-15(14)18-6-1-2-7-18)10-17-11-4-3-5-12(19)8-11/h3-5,8-10,19H,1-2,6-7H2. The molecule has 2 heterocycles. The molecule has 2 aromatic rings. The van der Waals surface area contributed by atoms with Crippen LogP contribution in [0, 0.1) is 0 Å². The molecule has 0 unspecified atom stereocenters. The van der Waals surface area contributed by atoms with Gasteiger partial charge in [-0.15, -0.1) is 0 Å². The molecule has 0 aliphatic carbocycles. The Labute approximate surface area is 125 Å². The molecule has 5 heteroatoms. The quantitative estimate of drug-likeness (QED) is 0.859. The van der Waals surface area contributed by atoms with Gasteiger partial charge in [-0.2, -0.15) is 0 Å². The van der Waals surface area contributed by atoms with E-state index in [4.69, 9.17) is 4.42 Å². The summed E-state index contributed by atoms with van der Waals surface area (Å²) in [6, 6.07) is 8.73. The first-order chi connectivity index (χ1) is 9.72. The Morgan fingerprint density at radius 2 is 2.05 bits per heavy atom. The van der Waals surface area contributed by atoms with E-state index in [1.165, 1.54) is 12.8 Å². The third kappa shape index (κ3) is 2.88. The van der Waals surface area contributed by atoms with Crippen molar-refractivity contribution in [3.05, 3.63) is 40.6 Å². The number of aromatic hydroxyl groups is 1. The summed E-state index contributed by atoms with van der Waals surface area (Å²) in [5.41, 5.74) is 0.695. The van der Waals surface area contributed by atoms with E-state index in [1.807, 2.05) is 12.1 Å². The molecule has 0 atom stereocenters. The number of furan rings is 1. The molecule has 4 nitrogen and oxygen atoms in total. The molecule has 20 heavy (non-hydrogen) atoms. The molecule has 1 aliphatic heterocycles. The summed E-state index contributed by atoms with van der Waals surface area (Å²) in [4.78, 5) is 6.53. The van der Waals surface area contributed by atoms with Crippen LogP contribution >= 0.6 is 15.9 Å². The second-order valence-corrected chi connectivity index (χ2v) is 5.63. The van der Waals surface area contributed by atoms with E-state index in [0.717, 1.165) is 23.4 Å². The van der Waals surface area contributed by atoms with Crippen LogP contribution in [0.3, 0.4) is 0 Å². The lowest BCUT2D eigenvalue weighted by atomic mass is 10.3. The van der Waals surface area contributed by atoms with E-state index < -0.39 is 0 Å². The van der Waals surface area contributed by atoms with Crippen molar-refractivity contribution in [2.75, 3.05) is 18.0 Å². The Hall–Kier alpha value is -1.75. The van der Waals surface area contributed by atoms with Crippen LogP contribution in [0.4, 0.5) is 11.6 Å². The van der Waals surface area contributed by atoms with Crippen molar-refractivity contribution < 1.29 is 9.52 Å². The number of rotatable bonds is 3. The van der Waals surface area contributed by atoms with Gasteiger partial charge in [0.1, 0.15) is 11.5 Å². The largest absolute Gasteiger partial charge is 0.508 e. The smallest absolute Gasteiger partial charge is 0.210 e. The van der Waals surface area contributed by atoms with Crippen LogP contribution in [0.2, 0.25) is 0 Å². The summed E-state index contributed by atoms with van der Waals surface area (Å²) in [6.07, 6.45) is 4.08. The summed E-state index contributed by atoms with van der Waals surface area (Å²) >= 11 is 3.53. The van der Waals surface area contributed by atoms with Gasteiger partial charge in [-0.3, -0.25) is 4.99 Å². The van der Waals surface area contributed by atoms with Gasteiger partial charge in [-0.1, -0.05) is 6.07 Å². The highest BCUT2D eigenvalue weighted by molar-refractivity contribution is 9.10. The number of hydrogen-bond acceptors (Lipinski definition) is 4. The maximum atomic E-state index is 9.39. The highest BCUT2D eigenvalue weighted by Gasteiger charge is 2.19. The normalized spacial score (nSPS) is 15.3. The average molecular weight is 335 g/mol. The van der Waals surface area contributed by atoms with Crippen molar-refractivity contribution in [3.8, 4) is 5.75 Å². The van der Waals surface area contributed by atoms with E-state index in [2.05, 4.69) is 25.8 Å². The van der Waals surface area contributed by atoms with Gasteiger partial charge in [0.25, 0.3) is 0 Å². The fourth-order valence-corrected chi connectivity index (χ4v) is 2.84. The molecule has 1 fully saturated rings. The Kier molecular flexibility index (Phi) is 3.78. The summed E-state index contributed by atoms with van der Waals surface area (Å²) in [6.45, 7) is 2.07. The first kappa shape index (κ1) is 13.2. The van der Waals surface area contributed by atoms with Gasteiger partial charge >= 0.3 is 0 Å². The van der Waals surface area contributed by atoms with Gasteiger partial charge in [0, 0.05) is 25.2 Å². The second kappa shape index (κ2) is 5.71. The molecular weight excluding hydrogens is 320 g/mol. The van der Waals surface area contributed by atoms with E-state index >= 15 is 0 Å². The molecule has 1 N–H and O–H groups in total. The summed E-state index contributed by atoms with van der Waals surface area (Å²) < 4.78 is 6.77. The number of benzene rings is 1. The SMILES string of the molecule is Oc1cccc(N=Cc2cc(Br)c(N3CCCC3)o2)c1. The third-order valence-corrected chi connectivity index (χ3v) is 3.82. The number of anilines is 1. The lowest BCUT2D eigenvalue weighted by Gasteiger charge is -2.13. The van der Waals surface area contributed by atoms with Gasteiger partial charge < -0.3 is 14.4 Å². The maximum Gasteiger partial charge on any atom is 0.210 e. The first-order valence-electron chi connectivity index (χ1n) is 6.60. The fourth-order valence-electron chi connectivity index (χ4n) is 2.29. The minimum absolute atomic E-state index is 0.207. The second-order valence-electron chi connectivity index (χ2n) is 4.77. The number of phenols is 1. The molecule has 3 rings (SSSR count). The molecule has 0 saturated carbocycles. The molecule has 0 amide bonds.